The number of hydrogen-bond donors (Lipinski definition) is 2. The van der Waals surface area contributed by atoms with Crippen LogP contribution >= 0.6 is 12.2 Å². The SMILES string of the molecule is CC1CCN(c2cc(N3CCc4ccccc4C3)nc(NC(=S)N[C@@H](C)c3ccccc3)n2)CC1. The fraction of sp³-hybridized carbons (Fsp3) is 0.393. The minimum atomic E-state index is 0.0843. The summed E-state index contributed by atoms with van der Waals surface area (Å²) in [4.78, 5) is 14.5. The maximum absolute atomic E-state index is 5.65. The summed E-state index contributed by atoms with van der Waals surface area (Å²) in [5, 5.41) is 7.18. The van der Waals surface area contributed by atoms with Crippen molar-refractivity contribution in [3.05, 3.63) is 77.4 Å². The van der Waals surface area contributed by atoms with E-state index in [2.05, 4.69) is 76.7 Å². The Bertz CT molecular complexity index is 1160. The van der Waals surface area contributed by atoms with E-state index < -0.39 is 0 Å². The quantitative estimate of drug-likeness (QED) is 0.473. The minimum Gasteiger partial charge on any atom is -0.356 e. The first-order chi connectivity index (χ1) is 17.0. The normalized spacial score (nSPS) is 17.0. The molecule has 1 atom stereocenters. The zero-order chi connectivity index (χ0) is 24.2. The second-order valence-electron chi connectivity index (χ2n) is 9.75. The average molecular weight is 487 g/mol. The van der Waals surface area contributed by atoms with Crippen molar-refractivity contribution in [2.75, 3.05) is 34.8 Å². The third kappa shape index (κ3) is 5.73. The van der Waals surface area contributed by atoms with Crippen LogP contribution in [0.15, 0.2) is 60.7 Å². The van der Waals surface area contributed by atoms with Gasteiger partial charge in [-0.2, -0.15) is 9.97 Å². The maximum atomic E-state index is 5.65. The number of thiocarbonyl (C=S) groups is 1. The van der Waals surface area contributed by atoms with Crippen LogP contribution in [-0.4, -0.2) is 34.7 Å². The lowest BCUT2D eigenvalue weighted by Crippen LogP contribution is -2.36. The first-order valence-electron chi connectivity index (χ1n) is 12.6. The molecule has 6 nitrogen and oxygen atoms in total. The molecule has 0 saturated carbocycles. The number of nitrogens with one attached hydrogen (secondary N) is 2. The fourth-order valence-corrected chi connectivity index (χ4v) is 5.16. The molecule has 2 aliphatic rings. The molecule has 0 aliphatic carbocycles. The molecule has 0 unspecified atom stereocenters. The number of fused-ring (bicyclic) bond motifs is 1. The van der Waals surface area contributed by atoms with E-state index in [9.17, 15) is 0 Å². The number of nitrogens with zero attached hydrogens (tertiary/aromatic N) is 4. The van der Waals surface area contributed by atoms with E-state index in [4.69, 9.17) is 22.2 Å². The largest absolute Gasteiger partial charge is 0.356 e. The average Bonchev–Trinajstić information content (AvgIpc) is 2.89. The fourth-order valence-electron chi connectivity index (χ4n) is 4.89. The predicted molar refractivity (Wildman–Crippen MR) is 148 cm³/mol. The second-order valence-corrected chi connectivity index (χ2v) is 10.2. The Hall–Kier alpha value is -3.19. The predicted octanol–water partition coefficient (Wildman–Crippen LogP) is 5.32. The van der Waals surface area contributed by atoms with Gasteiger partial charge in [0.1, 0.15) is 11.6 Å². The summed E-state index contributed by atoms with van der Waals surface area (Å²) in [6, 6.07) is 21.2. The molecular weight excluding hydrogens is 452 g/mol. The minimum absolute atomic E-state index is 0.0843. The molecule has 3 heterocycles. The highest BCUT2D eigenvalue weighted by Gasteiger charge is 2.22. The molecule has 2 aliphatic heterocycles. The van der Waals surface area contributed by atoms with Gasteiger partial charge < -0.3 is 20.4 Å². The molecule has 0 amide bonds. The van der Waals surface area contributed by atoms with Crippen molar-refractivity contribution in [1.29, 1.82) is 0 Å². The summed E-state index contributed by atoms with van der Waals surface area (Å²) in [7, 11) is 0. The highest BCUT2D eigenvalue weighted by Crippen LogP contribution is 2.29. The summed E-state index contributed by atoms with van der Waals surface area (Å²) in [6.45, 7) is 8.28. The van der Waals surface area contributed by atoms with Gasteiger partial charge >= 0.3 is 0 Å². The van der Waals surface area contributed by atoms with Crippen LogP contribution in [0.1, 0.15) is 49.4 Å². The Balaban J connectivity index is 1.37. The molecule has 5 rings (SSSR count). The Labute approximate surface area is 213 Å². The van der Waals surface area contributed by atoms with Gasteiger partial charge in [-0.05, 0) is 61.0 Å². The van der Waals surface area contributed by atoms with Gasteiger partial charge in [0.25, 0.3) is 0 Å². The molecule has 1 aromatic heterocycles. The lowest BCUT2D eigenvalue weighted by atomic mass is 9.99. The number of benzene rings is 2. The lowest BCUT2D eigenvalue weighted by molar-refractivity contribution is 0.436. The van der Waals surface area contributed by atoms with Crippen molar-refractivity contribution in [3.8, 4) is 0 Å². The van der Waals surface area contributed by atoms with Gasteiger partial charge in [-0.1, -0.05) is 61.5 Å². The van der Waals surface area contributed by atoms with Gasteiger partial charge in [0.05, 0.1) is 6.04 Å². The summed E-state index contributed by atoms with van der Waals surface area (Å²) in [6.07, 6.45) is 3.40. The van der Waals surface area contributed by atoms with Gasteiger partial charge in [0.15, 0.2) is 5.11 Å². The molecular formula is C28H34N6S. The van der Waals surface area contributed by atoms with Gasteiger partial charge in [-0.25, -0.2) is 0 Å². The number of aromatic nitrogens is 2. The first-order valence-corrected chi connectivity index (χ1v) is 13.0. The Morgan fingerprint density at radius 2 is 1.57 bits per heavy atom. The third-order valence-corrected chi connectivity index (χ3v) is 7.35. The van der Waals surface area contributed by atoms with Crippen molar-refractivity contribution < 1.29 is 0 Å². The summed E-state index contributed by atoms with van der Waals surface area (Å²) >= 11 is 5.65. The van der Waals surface area contributed by atoms with Crippen LogP contribution in [0.4, 0.5) is 17.6 Å². The smallest absolute Gasteiger partial charge is 0.232 e. The molecule has 2 N–H and O–H groups in total. The van der Waals surface area contributed by atoms with E-state index in [1.54, 1.807) is 0 Å². The number of anilines is 3. The lowest BCUT2D eigenvalue weighted by Gasteiger charge is -2.33. The van der Waals surface area contributed by atoms with Crippen LogP contribution in [0.5, 0.6) is 0 Å². The zero-order valence-corrected chi connectivity index (χ0v) is 21.4. The molecule has 182 valence electrons. The molecule has 0 bridgehead atoms. The van der Waals surface area contributed by atoms with Crippen molar-refractivity contribution in [2.45, 2.75) is 45.7 Å². The third-order valence-electron chi connectivity index (χ3n) is 7.13. The van der Waals surface area contributed by atoms with Crippen LogP contribution < -0.4 is 20.4 Å². The molecule has 0 radical (unpaired) electrons. The molecule has 0 spiro atoms. The van der Waals surface area contributed by atoms with E-state index in [0.717, 1.165) is 50.2 Å². The number of rotatable bonds is 5. The number of piperidine rings is 1. The van der Waals surface area contributed by atoms with Gasteiger partial charge in [0.2, 0.25) is 5.95 Å². The summed E-state index contributed by atoms with van der Waals surface area (Å²) in [5.41, 5.74) is 3.98. The van der Waals surface area contributed by atoms with E-state index >= 15 is 0 Å². The van der Waals surface area contributed by atoms with Crippen LogP contribution in [0.2, 0.25) is 0 Å². The van der Waals surface area contributed by atoms with E-state index in [0.29, 0.717) is 11.1 Å². The topological polar surface area (TPSA) is 56.3 Å². The summed E-state index contributed by atoms with van der Waals surface area (Å²) in [5.74, 6) is 3.24. The maximum Gasteiger partial charge on any atom is 0.232 e. The van der Waals surface area contributed by atoms with E-state index in [1.165, 1.54) is 29.5 Å². The molecule has 2 aromatic carbocycles. The standard InChI is InChI=1S/C28H34N6S/c1-20-12-15-33(16-13-20)25-18-26(34-17-14-23-10-6-7-11-24(23)19-34)31-27(30-25)32-28(35)29-21(2)22-8-4-3-5-9-22/h3-11,18,20-21H,12-17,19H2,1-2H3,(H2,29,30,31,32,35)/t21-/m0/s1. The van der Waals surface area contributed by atoms with Crippen molar-refractivity contribution >= 4 is 34.9 Å². The Kier molecular flexibility index (Phi) is 7.13. The highest BCUT2D eigenvalue weighted by atomic mass is 32.1. The Morgan fingerprint density at radius 1 is 0.914 bits per heavy atom. The van der Waals surface area contributed by atoms with Crippen molar-refractivity contribution in [2.24, 2.45) is 5.92 Å². The summed E-state index contributed by atoms with van der Waals surface area (Å²) < 4.78 is 0. The van der Waals surface area contributed by atoms with Gasteiger partial charge in [-0.3, -0.25) is 0 Å². The molecule has 3 aromatic rings. The van der Waals surface area contributed by atoms with Gasteiger partial charge in [-0.15, -0.1) is 0 Å². The van der Waals surface area contributed by atoms with Gasteiger partial charge in [0, 0.05) is 32.2 Å². The van der Waals surface area contributed by atoms with Crippen LogP contribution in [-0.2, 0) is 13.0 Å². The van der Waals surface area contributed by atoms with E-state index in [1.807, 2.05) is 18.2 Å². The Morgan fingerprint density at radius 3 is 2.31 bits per heavy atom. The van der Waals surface area contributed by atoms with Crippen LogP contribution in [0.3, 0.4) is 0 Å². The number of hydrogen-bond acceptors (Lipinski definition) is 5. The molecule has 1 fully saturated rings. The van der Waals surface area contributed by atoms with E-state index in [-0.39, 0.29) is 6.04 Å². The first kappa shape index (κ1) is 23.5. The van der Waals surface area contributed by atoms with Crippen LogP contribution in [0.25, 0.3) is 0 Å². The van der Waals surface area contributed by atoms with Crippen molar-refractivity contribution in [1.82, 2.24) is 15.3 Å². The van der Waals surface area contributed by atoms with Crippen molar-refractivity contribution in [3.63, 3.8) is 0 Å². The van der Waals surface area contributed by atoms with Crippen LogP contribution in [0, 0.1) is 5.92 Å². The second kappa shape index (κ2) is 10.6. The zero-order valence-electron chi connectivity index (χ0n) is 20.6. The molecule has 1 saturated heterocycles. The monoisotopic (exact) mass is 486 g/mol. The highest BCUT2D eigenvalue weighted by molar-refractivity contribution is 7.80. The molecule has 35 heavy (non-hydrogen) atoms. The molecule has 7 heteroatoms.